The van der Waals surface area contributed by atoms with E-state index in [4.69, 9.17) is 4.74 Å². The quantitative estimate of drug-likeness (QED) is 0.455. The van der Waals surface area contributed by atoms with E-state index in [-0.39, 0.29) is 5.56 Å². The van der Waals surface area contributed by atoms with Crippen LogP contribution in [-0.4, -0.2) is 39.1 Å². The molecule has 3 heterocycles. The maximum atomic E-state index is 12.8. The highest BCUT2D eigenvalue weighted by molar-refractivity contribution is 5.93. The van der Waals surface area contributed by atoms with Gasteiger partial charge in [-0.15, -0.1) is 0 Å². The van der Waals surface area contributed by atoms with Gasteiger partial charge < -0.3 is 19.2 Å². The van der Waals surface area contributed by atoms with Gasteiger partial charge in [-0.25, -0.2) is 4.98 Å². The number of aromatic nitrogens is 3. The van der Waals surface area contributed by atoms with Gasteiger partial charge in [-0.3, -0.25) is 4.79 Å². The summed E-state index contributed by atoms with van der Waals surface area (Å²) >= 11 is 0. The van der Waals surface area contributed by atoms with Gasteiger partial charge in [-0.2, -0.15) is 0 Å². The molecule has 6 rings (SSSR count). The van der Waals surface area contributed by atoms with Crippen LogP contribution in [0, 0.1) is 5.92 Å². The Balaban J connectivity index is 1.27. The van der Waals surface area contributed by atoms with E-state index in [2.05, 4.69) is 37.8 Å². The number of ether oxygens (including phenoxy) is 1. The third-order valence-corrected chi connectivity index (χ3v) is 7.08. The van der Waals surface area contributed by atoms with Gasteiger partial charge >= 0.3 is 0 Å². The lowest BCUT2D eigenvalue weighted by molar-refractivity contribution is 0.0921. The highest BCUT2D eigenvalue weighted by atomic mass is 16.5. The second-order valence-corrected chi connectivity index (χ2v) is 9.33. The Kier molecular flexibility index (Phi) is 5.23. The molecular formula is C27H28N4O2. The van der Waals surface area contributed by atoms with Crippen molar-refractivity contribution in [3.63, 3.8) is 0 Å². The summed E-state index contributed by atoms with van der Waals surface area (Å²) in [4.78, 5) is 22.7. The largest absolute Gasteiger partial charge is 0.489 e. The van der Waals surface area contributed by atoms with E-state index in [1.165, 1.54) is 32.4 Å². The minimum atomic E-state index is -0.0965. The maximum absolute atomic E-state index is 12.8. The molecule has 0 amide bonds. The van der Waals surface area contributed by atoms with Crippen LogP contribution < -0.4 is 10.3 Å². The van der Waals surface area contributed by atoms with Crippen molar-refractivity contribution in [2.75, 3.05) is 19.6 Å². The fourth-order valence-corrected chi connectivity index (χ4v) is 5.09. The molecule has 1 saturated carbocycles. The summed E-state index contributed by atoms with van der Waals surface area (Å²) in [6.45, 7) is 4.21. The highest BCUT2D eigenvalue weighted by Gasteiger charge is 2.34. The molecular weight excluding hydrogens is 412 g/mol. The van der Waals surface area contributed by atoms with Crippen LogP contribution in [0.15, 0.2) is 71.9 Å². The normalized spacial score (nSPS) is 20.4. The van der Waals surface area contributed by atoms with E-state index in [1.807, 2.05) is 42.5 Å². The average molecular weight is 441 g/mol. The lowest BCUT2D eigenvalue weighted by Crippen LogP contribution is -2.43. The van der Waals surface area contributed by atoms with Crippen LogP contribution in [0.2, 0.25) is 0 Å². The Morgan fingerprint density at radius 3 is 2.70 bits per heavy atom. The molecule has 1 N–H and O–H groups in total. The first-order valence-electron chi connectivity index (χ1n) is 11.8. The van der Waals surface area contributed by atoms with Crippen LogP contribution in [0.3, 0.4) is 0 Å². The van der Waals surface area contributed by atoms with Crippen LogP contribution in [0.25, 0.3) is 22.2 Å². The number of nitrogens with zero attached hydrogens (tertiary/aromatic N) is 3. The van der Waals surface area contributed by atoms with E-state index in [1.54, 1.807) is 0 Å². The average Bonchev–Trinajstić information content (AvgIpc) is 3.17. The molecule has 2 fully saturated rings. The Morgan fingerprint density at radius 1 is 1.06 bits per heavy atom. The summed E-state index contributed by atoms with van der Waals surface area (Å²) in [5.74, 6) is 1.53. The standard InChI is InChI=1S/C27H28N4O2/c32-27-25-24(21-8-4-9-23(14-21)33-17-19-6-2-1-3-7-19)16-31(26(25)28-18-29-27)22-12-20(13-22)15-30-10-5-11-30/h1-4,6-9,14,16,18,20,22H,5,10-13,15,17H2,(H,28,29,32). The van der Waals surface area contributed by atoms with E-state index in [9.17, 15) is 4.79 Å². The van der Waals surface area contributed by atoms with Crippen LogP contribution in [0.1, 0.15) is 30.9 Å². The van der Waals surface area contributed by atoms with Crippen LogP contribution in [0.4, 0.5) is 0 Å². The number of benzene rings is 2. The summed E-state index contributed by atoms with van der Waals surface area (Å²) in [6, 6.07) is 18.5. The van der Waals surface area contributed by atoms with Crippen molar-refractivity contribution in [3.05, 3.63) is 83.0 Å². The van der Waals surface area contributed by atoms with Crippen molar-refractivity contribution in [1.82, 2.24) is 19.4 Å². The van der Waals surface area contributed by atoms with Crippen molar-refractivity contribution < 1.29 is 4.74 Å². The number of nitrogens with one attached hydrogen (secondary N) is 1. The predicted molar refractivity (Wildman–Crippen MR) is 129 cm³/mol. The van der Waals surface area contributed by atoms with Gasteiger partial charge in [0.05, 0.1) is 11.7 Å². The minimum Gasteiger partial charge on any atom is -0.489 e. The Bertz CT molecular complexity index is 1320. The predicted octanol–water partition coefficient (Wildman–Crippen LogP) is 4.63. The van der Waals surface area contributed by atoms with Gasteiger partial charge in [-0.05, 0) is 61.5 Å². The Hall–Kier alpha value is -3.38. The summed E-state index contributed by atoms with van der Waals surface area (Å²) in [5, 5.41) is 0.656. The molecule has 2 aliphatic rings. The zero-order valence-electron chi connectivity index (χ0n) is 18.6. The summed E-state index contributed by atoms with van der Waals surface area (Å²) in [7, 11) is 0. The van der Waals surface area contributed by atoms with Crippen molar-refractivity contribution in [2.45, 2.75) is 31.9 Å². The molecule has 33 heavy (non-hydrogen) atoms. The van der Waals surface area contributed by atoms with Gasteiger partial charge in [-0.1, -0.05) is 42.5 Å². The van der Waals surface area contributed by atoms with Crippen molar-refractivity contribution in [2.24, 2.45) is 5.92 Å². The zero-order valence-corrected chi connectivity index (χ0v) is 18.6. The molecule has 1 saturated heterocycles. The first-order valence-corrected chi connectivity index (χ1v) is 11.8. The number of hydrogen-bond donors (Lipinski definition) is 1. The lowest BCUT2D eigenvalue weighted by Gasteiger charge is -2.42. The molecule has 4 aromatic rings. The molecule has 0 atom stereocenters. The SMILES string of the molecule is O=c1[nH]cnc2c1c(-c1cccc(OCc3ccccc3)c1)cn2C1CC(CN2CCC2)C1. The maximum Gasteiger partial charge on any atom is 0.260 e. The monoisotopic (exact) mass is 440 g/mol. The molecule has 1 aliphatic heterocycles. The van der Waals surface area contributed by atoms with Gasteiger partial charge in [0.2, 0.25) is 0 Å². The first-order chi connectivity index (χ1) is 16.2. The van der Waals surface area contributed by atoms with E-state index < -0.39 is 0 Å². The molecule has 0 bridgehead atoms. The third-order valence-electron chi connectivity index (χ3n) is 7.08. The number of rotatable bonds is 7. The molecule has 6 heteroatoms. The molecule has 168 valence electrons. The number of H-pyrrole nitrogens is 1. The third kappa shape index (κ3) is 3.95. The van der Waals surface area contributed by atoms with Gasteiger partial charge in [0.1, 0.15) is 18.0 Å². The van der Waals surface area contributed by atoms with Crippen molar-refractivity contribution in [3.8, 4) is 16.9 Å². The summed E-state index contributed by atoms with van der Waals surface area (Å²) in [6.07, 6.45) is 7.26. The van der Waals surface area contributed by atoms with Crippen LogP contribution in [-0.2, 0) is 6.61 Å². The molecule has 0 spiro atoms. The van der Waals surface area contributed by atoms with Crippen LogP contribution >= 0.6 is 0 Å². The Labute approximate surface area is 192 Å². The van der Waals surface area contributed by atoms with Crippen LogP contribution in [0.5, 0.6) is 5.75 Å². The second-order valence-electron chi connectivity index (χ2n) is 9.33. The number of aromatic amines is 1. The van der Waals surface area contributed by atoms with Crippen molar-refractivity contribution in [1.29, 1.82) is 0 Å². The molecule has 2 aromatic heterocycles. The van der Waals surface area contributed by atoms with E-state index in [0.717, 1.165) is 46.8 Å². The lowest BCUT2D eigenvalue weighted by atomic mass is 9.79. The first kappa shape index (κ1) is 20.2. The van der Waals surface area contributed by atoms with Gasteiger partial charge in [0.15, 0.2) is 0 Å². The smallest absolute Gasteiger partial charge is 0.260 e. The molecule has 0 unspecified atom stereocenters. The second kappa shape index (κ2) is 8.52. The molecule has 6 nitrogen and oxygen atoms in total. The molecule has 2 aromatic carbocycles. The van der Waals surface area contributed by atoms with E-state index >= 15 is 0 Å². The zero-order chi connectivity index (χ0) is 22.2. The molecule has 0 radical (unpaired) electrons. The minimum absolute atomic E-state index is 0.0965. The highest BCUT2D eigenvalue weighted by Crippen LogP contribution is 2.42. The number of fused-ring (bicyclic) bond motifs is 1. The fourth-order valence-electron chi connectivity index (χ4n) is 5.09. The van der Waals surface area contributed by atoms with E-state index in [0.29, 0.717) is 18.0 Å². The summed E-state index contributed by atoms with van der Waals surface area (Å²) in [5.41, 5.74) is 3.69. The number of hydrogen-bond acceptors (Lipinski definition) is 4. The fraction of sp³-hybridized carbons (Fsp3) is 0.333. The van der Waals surface area contributed by atoms with Gasteiger partial charge in [0, 0.05) is 24.3 Å². The topological polar surface area (TPSA) is 63.2 Å². The number of likely N-dealkylation sites (tertiary alicyclic amines) is 1. The van der Waals surface area contributed by atoms with Crippen molar-refractivity contribution >= 4 is 11.0 Å². The Morgan fingerprint density at radius 2 is 1.91 bits per heavy atom. The van der Waals surface area contributed by atoms with Gasteiger partial charge in [0.25, 0.3) is 5.56 Å². The summed E-state index contributed by atoms with van der Waals surface area (Å²) < 4.78 is 8.26. The molecule has 1 aliphatic carbocycles.